The highest BCUT2D eigenvalue weighted by Gasteiger charge is 2.21. The fraction of sp³-hybridized carbons (Fsp3) is 0.462. The maximum atomic E-state index is 12.0. The smallest absolute Gasteiger partial charge is 0.352 e. The maximum Gasteiger partial charge on any atom is 0.352 e. The van der Waals surface area contributed by atoms with Crippen molar-refractivity contribution in [3.63, 3.8) is 0 Å². The van der Waals surface area contributed by atoms with E-state index in [1.54, 1.807) is 13.8 Å². The second kappa shape index (κ2) is 6.74. The quantitative estimate of drug-likeness (QED) is 0.611. The van der Waals surface area contributed by atoms with Gasteiger partial charge in [-0.3, -0.25) is 9.59 Å². The summed E-state index contributed by atoms with van der Waals surface area (Å²) in [4.78, 5) is 36.9. The van der Waals surface area contributed by atoms with Crippen LogP contribution in [0.1, 0.15) is 45.4 Å². The van der Waals surface area contributed by atoms with E-state index >= 15 is 0 Å². The number of hydrogen-bond acceptors (Lipinski definition) is 3. The van der Waals surface area contributed by atoms with E-state index in [-0.39, 0.29) is 30.5 Å². The SMILES string of the molecule is CCNC(=O)CCNC(=O)c1c(C)[nH]c(C(=O)O)c1C. The fourth-order valence-corrected chi connectivity index (χ4v) is 1.97. The van der Waals surface area contributed by atoms with Gasteiger partial charge >= 0.3 is 5.97 Å². The van der Waals surface area contributed by atoms with Crippen molar-refractivity contribution in [3.8, 4) is 0 Å². The molecular formula is C13H19N3O4. The highest BCUT2D eigenvalue weighted by molar-refractivity contribution is 6.00. The van der Waals surface area contributed by atoms with Crippen LogP contribution in [0.15, 0.2) is 0 Å². The summed E-state index contributed by atoms with van der Waals surface area (Å²) in [6, 6.07) is 0. The van der Waals surface area contributed by atoms with Gasteiger partial charge in [0.15, 0.2) is 0 Å². The fourth-order valence-electron chi connectivity index (χ4n) is 1.97. The molecule has 0 saturated heterocycles. The van der Waals surface area contributed by atoms with Crippen LogP contribution in [0.3, 0.4) is 0 Å². The van der Waals surface area contributed by atoms with Crippen molar-refractivity contribution in [1.82, 2.24) is 15.6 Å². The molecule has 7 nitrogen and oxygen atoms in total. The Bertz CT molecular complexity index is 534. The third kappa shape index (κ3) is 3.59. The number of aromatic carboxylic acids is 1. The van der Waals surface area contributed by atoms with E-state index in [0.717, 1.165) is 0 Å². The number of H-pyrrole nitrogens is 1. The summed E-state index contributed by atoms with van der Waals surface area (Å²) in [5.41, 5.74) is 1.22. The molecule has 0 fully saturated rings. The first kappa shape index (κ1) is 15.7. The van der Waals surface area contributed by atoms with Gasteiger partial charge < -0.3 is 20.7 Å². The van der Waals surface area contributed by atoms with E-state index in [1.807, 2.05) is 6.92 Å². The van der Waals surface area contributed by atoms with Gasteiger partial charge in [-0.25, -0.2) is 4.79 Å². The molecule has 2 amide bonds. The van der Waals surface area contributed by atoms with Crippen LogP contribution in [-0.2, 0) is 4.79 Å². The summed E-state index contributed by atoms with van der Waals surface area (Å²) in [5.74, 6) is -1.62. The van der Waals surface area contributed by atoms with Gasteiger partial charge in [0.25, 0.3) is 5.91 Å². The Morgan fingerprint density at radius 3 is 2.35 bits per heavy atom. The number of carboxylic acid groups (broad SMARTS) is 1. The predicted molar refractivity (Wildman–Crippen MR) is 72.9 cm³/mol. The first-order valence-corrected chi connectivity index (χ1v) is 6.35. The first-order valence-electron chi connectivity index (χ1n) is 6.35. The summed E-state index contributed by atoms with van der Waals surface area (Å²) >= 11 is 0. The number of aromatic nitrogens is 1. The van der Waals surface area contributed by atoms with Crippen LogP contribution in [0.2, 0.25) is 0 Å². The Morgan fingerprint density at radius 2 is 1.85 bits per heavy atom. The number of carbonyl (C=O) groups is 3. The third-order valence-corrected chi connectivity index (χ3v) is 2.89. The predicted octanol–water partition coefficient (Wildman–Crippen LogP) is 0.586. The lowest BCUT2D eigenvalue weighted by Gasteiger charge is -2.06. The highest BCUT2D eigenvalue weighted by Crippen LogP contribution is 2.17. The van der Waals surface area contributed by atoms with Crippen molar-refractivity contribution in [2.24, 2.45) is 0 Å². The molecule has 7 heteroatoms. The molecule has 0 saturated carbocycles. The number of rotatable bonds is 6. The van der Waals surface area contributed by atoms with Gasteiger partial charge in [0.05, 0.1) is 5.56 Å². The Labute approximate surface area is 116 Å². The number of aromatic amines is 1. The Morgan fingerprint density at radius 1 is 1.20 bits per heavy atom. The molecule has 1 aromatic heterocycles. The van der Waals surface area contributed by atoms with Gasteiger partial charge in [-0.15, -0.1) is 0 Å². The molecule has 1 aromatic rings. The van der Waals surface area contributed by atoms with E-state index in [9.17, 15) is 14.4 Å². The summed E-state index contributed by atoms with van der Waals surface area (Å²) in [6.07, 6.45) is 0.188. The number of carbonyl (C=O) groups excluding carboxylic acids is 2. The molecule has 1 rings (SSSR count). The Balaban J connectivity index is 2.69. The molecule has 0 atom stereocenters. The molecule has 4 N–H and O–H groups in total. The van der Waals surface area contributed by atoms with E-state index < -0.39 is 5.97 Å². The van der Waals surface area contributed by atoms with Crippen LogP contribution >= 0.6 is 0 Å². The molecule has 0 radical (unpaired) electrons. The minimum absolute atomic E-state index is 0.0105. The molecule has 0 spiro atoms. The van der Waals surface area contributed by atoms with E-state index in [1.165, 1.54) is 0 Å². The molecule has 20 heavy (non-hydrogen) atoms. The van der Waals surface area contributed by atoms with Crippen LogP contribution in [0.25, 0.3) is 0 Å². The number of nitrogens with one attached hydrogen (secondary N) is 3. The Hall–Kier alpha value is -2.31. The average molecular weight is 281 g/mol. The molecule has 0 bridgehead atoms. The second-order valence-corrected chi connectivity index (χ2v) is 4.39. The Kier molecular flexibility index (Phi) is 5.31. The number of carboxylic acids is 1. The molecule has 0 aliphatic heterocycles. The average Bonchev–Trinajstić information content (AvgIpc) is 2.65. The minimum atomic E-state index is -1.10. The molecule has 0 aromatic carbocycles. The maximum absolute atomic E-state index is 12.0. The van der Waals surface area contributed by atoms with Gasteiger partial charge in [0, 0.05) is 25.2 Å². The van der Waals surface area contributed by atoms with Crippen molar-refractivity contribution >= 4 is 17.8 Å². The largest absolute Gasteiger partial charge is 0.477 e. The molecule has 0 aliphatic carbocycles. The molecule has 0 aliphatic rings. The van der Waals surface area contributed by atoms with Crippen molar-refractivity contribution < 1.29 is 19.5 Å². The van der Waals surface area contributed by atoms with Crippen LogP contribution < -0.4 is 10.6 Å². The van der Waals surface area contributed by atoms with Crippen LogP contribution in [0, 0.1) is 13.8 Å². The number of hydrogen-bond donors (Lipinski definition) is 4. The van der Waals surface area contributed by atoms with Crippen molar-refractivity contribution in [2.75, 3.05) is 13.1 Å². The summed E-state index contributed by atoms with van der Waals surface area (Å²) in [5, 5.41) is 14.2. The zero-order valence-corrected chi connectivity index (χ0v) is 11.8. The van der Waals surface area contributed by atoms with Crippen LogP contribution in [0.5, 0.6) is 0 Å². The minimum Gasteiger partial charge on any atom is -0.477 e. The lowest BCUT2D eigenvalue weighted by Crippen LogP contribution is -2.31. The second-order valence-electron chi connectivity index (χ2n) is 4.39. The van der Waals surface area contributed by atoms with Gasteiger partial charge in [0.2, 0.25) is 5.91 Å². The van der Waals surface area contributed by atoms with Crippen LogP contribution in [-0.4, -0.2) is 41.0 Å². The summed E-state index contributed by atoms with van der Waals surface area (Å²) < 4.78 is 0. The van der Waals surface area contributed by atoms with Gasteiger partial charge in [-0.2, -0.15) is 0 Å². The highest BCUT2D eigenvalue weighted by atomic mass is 16.4. The normalized spacial score (nSPS) is 10.2. The van der Waals surface area contributed by atoms with Crippen molar-refractivity contribution in [2.45, 2.75) is 27.2 Å². The first-order chi connectivity index (χ1) is 9.38. The monoisotopic (exact) mass is 281 g/mol. The van der Waals surface area contributed by atoms with E-state index in [0.29, 0.717) is 23.4 Å². The lowest BCUT2D eigenvalue weighted by atomic mass is 10.1. The van der Waals surface area contributed by atoms with Crippen molar-refractivity contribution in [1.29, 1.82) is 0 Å². The van der Waals surface area contributed by atoms with Gasteiger partial charge in [0.1, 0.15) is 5.69 Å². The zero-order valence-electron chi connectivity index (χ0n) is 11.8. The molecule has 110 valence electrons. The molecular weight excluding hydrogens is 262 g/mol. The van der Waals surface area contributed by atoms with Gasteiger partial charge in [-0.05, 0) is 26.3 Å². The van der Waals surface area contributed by atoms with Crippen LogP contribution in [0.4, 0.5) is 0 Å². The molecule has 0 unspecified atom stereocenters. The lowest BCUT2D eigenvalue weighted by molar-refractivity contribution is -0.120. The van der Waals surface area contributed by atoms with E-state index in [4.69, 9.17) is 5.11 Å². The summed E-state index contributed by atoms with van der Waals surface area (Å²) in [6.45, 7) is 5.78. The van der Waals surface area contributed by atoms with Crippen molar-refractivity contribution in [3.05, 3.63) is 22.5 Å². The standard InChI is InChI=1S/C13H19N3O4/c1-4-14-9(17)5-6-15-12(18)10-7(2)11(13(19)20)16-8(10)3/h16H,4-6H2,1-3H3,(H,14,17)(H,15,18)(H,19,20). The third-order valence-electron chi connectivity index (χ3n) is 2.89. The zero-order chi connectivity index (χ0) is 15.3. The topological polar surface area (TPSA) is 111 Å². The number of aryl methyl sites for hydroxylation is 1. The number of amides is 2. The van der Waals surface area contributed by atoms with E-state index in [2.05, 4.69) is 15.6 Å². The van der Waals surface area contributed by atoms with Gasteiger partial charge in [-0.1, -0.05) is 0 Å². The summed E-state index contributed by atoms with van der Waals surface area (Å²) in [7, 11) is 0. The molecule has 1 heterocycles.